The van der Waals surface area contributed by atoms with E-state index in [1.807, 2.05) is 37.3 Å². The van der Waals surface area contributed by atoms with Crippen molar-refractivity contribution in [3.8, 4) is 0 Å². The Kier molecular flexibility index (Phi) is 10.5. The molecule has 1 saturated heterocycles. The van der Waals surface area contributed by atoms with E-state index >= 15 is 0 Å². The van der Waals surface area contributed by atoms with E-state index in [0.717, 1.165) is 5.56 Å². The number of nitrogens with one attached hydrogen (secondary N) is 1. The summed E-state index contributed by atoms with van der Waals surface area (Å²) >= 11 is 0. The smallest absolute Gasteiger partial charge is 0.303 e. The molecule has 188 valence electrons. The zero-order valence-corrected chi connectivity index (χ0v) is 20.3. The van der Waals surface area contributed by atoms with Crippen molar-refractivity contribution in [2.75, 3.05) is 19.7 Å². The quantitative estimate of drug-likeness (QED) is 0.391. The van der Waals surface area contributed by atoms with E-state index in [4.69, 9.17) is 18.9 Å². The van der Waals surface area contributed by atoms with Gasteiger partial charge in [0, 0.05) is 40.8 Å². The van der Waals surface area contributed by atoms with Gasteiger partial charge in [0.15, 0.2) is 12.2 Å². The first-order chi connectivity index (χ1) is 16.1. The standard InChI is InChI=1S/C24H34N2O8/c1-6-25-12-20-22(26(15(2)27)13-19-10-8-7-9-11-19)24(33-18(5)30)23(32-17(4)29)21(34-20)14-31-16(3)28/h7-11,20-25H,6,12-14H2,1-5H3. The summed E-state index contributed by atoms with van der Waals surface area (Å²) < 4.78 is 22.6. The van der Waals surface area contributed by atoms with Crippen LogP contribution in [0.15, 0.2) is 30.3 Å². The molecule has 1 aromatic rings. The van der Waals surface area contributed by atoms with Crippen molar-refractivity contribution in [2.45, 2.75) is 71.6 Å². The molecule has 1 aliphatic heterocycles. The van der Waals surface area contributed by atoms with Crippen LogP contribution in [0.4, 0.5) is 0 Å². The van der Waals surface area contributed by atoms with Crippen LogP contribution in [0.1, 0.15) is 40.2 Å². The van der Waals surface area contributed by atoms with E-state index < -0.39 is 48.4 Å². The summed E-state index contributed by atoms with van der Waals surface area (Å²) in [5.74, 6) is -2.03. The summed E-state index contributed by atoms with van der Waals surface area (Å²) in [6.45, 7) is 8.03. The molecular formula is C24H34N2O8. The van der Waals surface area contributed by atoms with E-state index in [0.29, 0.717) is 13.1 Å². The number of esters is 3. The number of carbonyl (C=O) groups excluding carboxylic acids is 4. The SMILES string of the molecule is CCNCC1OC(COC(C)=O)C(OC(C)=O)C(OC(C)=O)C1N(Cc1ccccc1)C(C)=O. The lowest BCUT2D eigenvalue weighted by Gasteiger charge is -2.49. The summed E-state index contributed by atoms with van der Waals surface area (Å²) in [5.41, 5.74) is 0.868. The molecule has 5 unspecified atom stereocenters. The molecule has 1 aromatic carbocycles. The van der Waals surface area contributed by atoms with Crippen molar-refractivity contribution in [1.29, 1.82) is 0 Å². The van der Waals surface area contributed by atoms with Crippen LogP contribution >= 0.6 is 0 Å². The van der Waals surface area contributed by atoms with E-state index in [1.54, 1.807) is 4.90 Å². The molecule has 5 atom stereocenters. The van der Waals surface area contributed by atoms with E-state index in [1.165, 1.54) is 27.7 Å². The second-order valence-electron chi connectivity index (χ2n) is 8.09. The Hall–Kier alpha value is -2.98. The lowest BCUT2D eigenvalue weighted by atomic mass is 9.90. The number of benzene rings is 1. The van der Waals surface area contributed by atoms with Crippen LogP contribution in [-0.4, -0.2) is 78.9 Å². The summed E-state index contributed by atoms with van der Waals surface area (Å²) in [6, 6.07) is 8.58. The topological polar surface area (TPSA) is 120 Å². The molecule has 1 amide bonds. The van der Waals surface area contributed by atoms with Gasteiger partial charge in [-0.3, -0.25) is 19.2 Å². The van der Waals surface area contributed by atoms with Gasteiger partial charge in [-0.15, -0.1) is 0 Å². The van der Waals surface area contributed by atoms with Gasteiger partial charge in [0.25, 0.3) is 0 Å². The third kappa shape index (κ3) is 7.81. The van der Waals surface area contributed by atoms with Gasteiger partial charge in [-0.1, -0.05) is 37.3 Å². The Labute approximate surface area is 199 Å². The first-order valence-corrected chi connectivity index (χ1v) is 11.3. The minimum Gasteiger partial charge on any atom is -0.463 e. The van der Waals surface area contributed by atoms with Crippen LogP contribution in [0.3, 0.4) is 0 Å². The van der Waals surface area contributed by atoms with Gasteiger partial charge in [0.1, 0.15) is 18.8 Å². The van der Waals surface area contributed by atoms with E-state index in [2.05, 4.69) is 5.32 Å². The molecule has 1 fully saturated rings. The summed E-state index contributed by atoms with van der Waals surface area (Å²) in [7, 11) is 0. The molecule has 0 saturated carbocycles. The Bertz CT molecular complexity index is 847. The average Bonchev–Trinajstić information content (AvgIpc) is 2.76. The Morgan fingerprint density at radius 2 is 1.53 bits per heavy atom. The van der Waals surface area contributed by atoms with Crippen molar-refractivity contribution in [3.63, 3.8) is 0 Å². The number of hydrogen-bond donors (Lipinski definition) is 1. The molecule has 10 heteroatoms. The molecule has 10 nitrogen and oxygen atoms in total. The minimum absolute atomic E-state index is 0.209. The lowest BCUT2D eigenvalue weighted by molar-refractivity contribution is -0.235. The van der Waals surface area contributed by atoms with Gasteiger partial charge < -0.3 is 29.2 Å². The molecule has 1 heterocycles. The monoisotopic (exact) mass is 478 g/mol. The number of hydrogen-bond acceptors (Lipinski definition) is 9. The molecule has 0 radical (unpaired) electrons. The highest BCUT2D eigenvalue weighted by atomic mass is 16.6. The van der Waals surface area contributed by atoms with Gasteiger partial charge in [-0.05, 0) is 12.1 Å². The molecule has 34 heavy (non-hydrogen) atoms. The normalized spacial score (nSPS) is 24.1. The fourth-order valence-corrected chi connectivity index (χ4v) is 4.04. The predicted octanol–water partition coefficient (Wildman–Crippen LogP) is 1.21. The molecule has 0 aliphatic carbocycles. The summed E-state index contributed by atoms with van der Waals surface area (Å²) in [6.07, 6.45) is -3.69. The lowest BCUT2D eigenvalue weighted by Crippen LogP contribution is -2.68. The Morgan fingerprint density at radius 1 is 0.912 bits per heavy atom. The maximum atomic E-state index is 12.9. The zero-order valence-electron chi connectivity index (χ0n) is 20.3. The highest BCUT2D eigenvalue weighted by Gasteiger charge is 2.52. The highest BCUT2D eigenvalue weighted by molar-refractivity contribution is 5.74. The Morgan fingerprint density at radius 3 is 2.06 bits per heavy atom. The van der Waals surface area contributed by atoms with Crippen molar-refractivity contribution in [3.05, 3.63) is 35.9 Å². The maximum Gasteiger partial charge on any atom is 0.303 e. The second kappa shape index (κ2) is 13.0. The molecular weight excluding hydrogens is 444 g/mol. The largest absolute Gasteiger partial charge is 0.463 e. The maximum absolute atomic E-state index is 12.9. The molecule has 1 aliphatic rings. The third-order valence-corrected chi connectivity index (χ3v) is 5.37. The Balaban J connectivity index is 2.54. The summed E-state index contributed by atoms with van der Waals surface area (Å²) in [4.78, 5) is 50.0. The van der Waals surface area contributed by atoms with Gasteiger partial charge >= 0.3 is 17.9 Å². The number of carbonyl (C=O) groups is 4. The number of ether oxygens (including phenoxy) is 4. The predicted molar refractivity (Wildman–Crippen MR) is 121 cm³/mol. The molecule has 0 spiro atoms. The summed E-state index contributed by atoms with van der Waals surface area (Å²) in [5, 5.41) is 3.20. The van der Waals surface area contributed by atoms with Crippen molar-refractivity contribution < 1.29 is 38.1 Å². The number of likely N-dealkylation sites (N-methyl/N-ethyl adjacent to an activating group) is 1. The second-order valence-corrected chi connectivity index (χ2v) is 8.09. The molecule has 1 N–H and O–H groups in total. The average molecular weight is 479 g/mol. The van der Waals surface area contributed by atoms with Crippen LogP contribution < -0.4 is 5.32 Å². The van der Waals surface area contributed by atoms with Crippen LogP contribution in [0.5, 0.6) is 0 Å². The van der Waals surface area contributed by atoms with Crippen LogP contribution in [0.2, 0.25) is 0 Å². The van der Waals surface area contributed by atoms with E-state index in [9.17, 15) is 19.2 Å². The first kappa shape index (κ1) is 27.3. The number of rotatable bonds is 10. The van der Waals surface area contributed by atoms with Crippen molar-refractivity contribution in [2.24, 2.45) is 0 Å². The van der Waals surface area contributed by atoms with Crippen LogP contribution in [-0.2, 0) is 44.7 Å². The van der Waals surface area contributed by atoms with Gasteiger partial charge in [-0.2, -0.15) is 0 Å². The molecule has 0 aromatic heterocycles. The van der Waals surface area contributed by atoms with Gasteiger partial charge in [0.2, 0.25) is 5.91 Å². The third-order valence-electron chi connectivity index (χ3n) is 5.37. The van der Waals surface area contributed by atoms with Crippen LogP contribution in [0.25, 0.3) is 0 Å². The minimum atomic E-state index is -1.10. The highest BCUT2D eigenvalue weighted by Crippen LogP contribution is 2.31. The molecule has 0 bridgehead atoms. The fraction of sp³-hybridized carbons (Fsp3) is 0.583. The fourth-order valence-electron chi connectivity index (χ4n) is 4.04. The zero-order chi connectivity index (χ0) is 25.3. The van der Waals surface area contributed by atoms with E-state index in [-0.39, 0.29) is 19.1 Å². The molecule has 2 rings (SSSR count). The van der Waals surface area contributed by atoms with Gasteiger partial charge in [0.05, 0.1) is 6.10 Å². The van der Waals surface area contributed by atoms with Crippen molar-refractivity contribution >= 4 is 23.8 Å². The number of nitrogens with zero attached hydrogens (tertiary/aromatic N) is 1. The first-order valence-electron chi connectivity index (χ1n) is 11.3. The van der Waals surface area contributed by atoms with Gasteiger partial charge in [-0.25, -0.2) is 0 Å². The van der Waals surface area contributed by atoms with Crippen molar-refractivity contribution in [1.82, 2.24) is 10.2 Å². The number of amides is 1. The van der Waals surface area contributed by atoms with Crippen LogP contribution in [0, 0.1) is 0 Å².